The van der Waals surface area contributed by atoms with Crippen molar-refractivity contribution in [2.45, 2.75) is 31.6 Å². The smallest absolute Gasteiger partial charge is 0.121 e. The third-order valence-corrected chi connectivity index (χ3v) is 5.48. The molecule has 0 bridgehead atoms. The van der Waals surface area contributed by atoms with E-state index in [-0.39, 0.29) is 6.10 Å². The Kier molecular flexibility index (Phi) is 3.76. The average Bonchev–Trinajstić information content (AvgIpc) is 3.17. The number of fused-ring (bicyclic) bond motifs is 1. The van der Waals surface area contributed by atoms with Crippen molar-refractivity contribution in [3.8, 4) is 0 Å². The number of aromatic nitrogens is 1. The molecule has 0 N–H and O–H groups in total. The van der Waals surface area contributed by atoms with Crippen molar-refractivity contribution in [1.29, 1.82) is 0 Å². The zero-order valence-corrected chi connectivity index (χ0v) is 12.8. The van der Waals surface area contributed by atoms with E-state index in [1.54, 1.807) is 11.3 Å². The Morgan fingerprint density at radius 1 is 1.29 bits per heavy atom. The van der Waals surface area contributed by atoms with Gasteiger partial charge in [0.25, 0.3) is 0 Å². The fraction of sp³-hybridized carbons (Fsp3) is 0.471. The van der Waals surface area contributed by atoms with Gasteiger partial charge in [-0.15, -0.1) is 11.3 Å². The van der Waals surface area contributed by atoms with Crippen LogP contribution in [0.25, 0.3) is 0 Å². The summed E-state index contributed by atoms with van der Waals surface area (Å²) in [5.41, 5.74) is 1.39. The van der Waals surface area contributed by atoms with Gasteiger partial charge in [-0.25, -0.2) is 4.98 Å². The number of hydrogen-bond donors (Lipinski definition) is 0. The summed E-state index contributed by atoms with van der Waals surface area (Å²) in [7, 11) is 0. The minimum Gasteiger partial charge on any atom is -0.366 e. The summed E-state index contributed by atoms with van der Waals surface area (Å²) < 4.78 is 6.28. The van der Waals surface area contributed by atoms with E-state index in [4.69, 9.17) is 4.74 Å². The van der Waals surface area contributed by atoms with E-state index in [1.807, 2.05) is 11.6 Å². The molecule has 0 saturated carbocycles. The van der Waals surface area contributed by atoms with E-state index in [0.717, 1.165) is 24.5 Å². The van der Waals surface area contributed by atoms with E-state index in [1.165, 1.54) is 18.5 Å². The summed E-state index contributed by atoms with van der Waals surface area (Å²) in [5, 5.41) is 3.20. The average molecular weight is 300 g/mol. The van der Waals surface area contributed by atoms with Gasteiger partial charge in [-0.1, -0.05) is 30.3 Å². The lowest BCUT2D eigenvalue weighted by Gasteiger charge is -2.34. The molecule has 4 heteroatoms. The predicted octanol–water partition coefficient (Wildman–Crippen LogP) is 3.50. The highest BCUT2D eigenvalue weighted by Crippen LogP contribution is 2.41. The van der Waals surface area contributed by atoms with Crippen LogP contribution in [0, 0.1) is 5.92 Å². The summed E-state index contributed by atoms with van der Waals surface area (Å²) in [4.78, 5) is 6.95. The SMILES string of the molecule is c1ccc(CN2CC[C@H]3C[C@@H](c4nccs4)O[C@@H]3C2)cc1. The fourth-order valence-electron chi connectivity index (χ4n) is 3.53. The fourth-order valence-corrected chi connectivity index (χ4v) is 4.22. The first-order valence-electron chi connectivity index (χ1n) is 7.69. The van der Waals surface area contributed by atoms with Crippen LogP contribution in [0.5, 0.6) is 0 Å². The maximum absolute atomic E-state index is 6.28. The molecule has 4 rings (SSSR count). The highest BCUT2D eigenvalue weighted by Gasteiger charge is 2.40. The van der Waals surface area contributed by atoms with E-state index < -0.39 is 0 Å². The molecule has 0 radical (unpaired) electrons. The Labute approximate surface area is 129 Å². The molecule has 2 aliphatic rings. The second kappa shape index (κ2) is 5.87. The van der Waals surface area contributed by atoms with Crippen molar-refractivity contribution in [1.82, 2.24) is 9.88 Å². The van der Waals surface area contributed by atoms with Crippen LogP contribution in [0.1, 0.15) is 29.5 Å². The summed E-state index contributed by atoms with van der Waals surface area (Å²) >= 11 is 1.72. The highest BCUT2D eigenvalue weighted by molar-refractivity contribution is 7.09. The van der Waals surface area contributed by atoms with Crippen LogP contribution in [-0.2, 0) is 11.3 Å². The van der Waals surface area contributed by atoms with Crippen LogP contribution in [0.2, 0.25) is 0 Å². The van der Waals surface area contributed by atoms with Gasteiger partial charge in [0, 0.05) is 24.7 Å². The Bertz CT molecular complexity index is 572. The van der Waals surface area contributed by atoms with Gasteiger partial charge in [-0.3, -0.25) is 4.90 Å². The molecule has 2 aromatic rings. The summed E-state index contributed by atoms with van der Waals surface area (Å²) in [6, 6.07) is 10.7. The molecule has 1 aromatic carbocycles. The van der Waals surface area contributed by atoms with Crippen molar-refractivity contribution in [2.24, 2.45) is 5.92 Å². The number of rotatable bonds is 3. The van der Waals surface area contributed by atoms with Gasteiger partial charge in [0.1, 0.15) is 11.1 Å². The zero-order chi connectivity index (χ0) is 14.1. The van der Waals surface area contributed by atoms with Crippen molar-refractivity contribution >= 4 is 11.3 Å². The Hall–Kier alpha value is -1.23. The van der Waals surface area contributed by atoms with Gasteiger partial charge >= 0.3 is 0 Å². The molecular weight excluding hydrogens is 280 g/mol. The summed E-state index contributed by atoms with van der Waals surface area (Å²) in [5.74, 6) is 0.714. The number of thiazole rings is 1. The topological polar surface area (TPSA) is 25.4 Å². The quantitative estimate of drug-likeness (QED) is 0.867. The van der Waals surface area contributed by atoms with Gasteiger partial charge in [-0.05, 0) is 30.9 Å². The minimum atomic E-state index is 0.233. The molecule has 2 saturated heterocycles. The monoisotopic (exact) mass is 300 g/mol. The molecular formula is C17H20N2OS. The standard InChI is InChI=1S/C17H20N2OS/c1-2-4-13(5-3-1)11-19-8-6-14-10-15(20-16(14)12-19)17-18-7-9-21-17/h1-5,7,9,14-16H,6,8,10-12H2/t14-,15-,16+/m0/s1. The molecule has 0 spiro atoms. The van der Waals surface area contributed by atoms with Crippen molar-refractivity contribution in [3.05, 3.63) is 52.5 Å². The van der Waals surface area contributed by atoms with Gasteiger partial charge in [0.05, 0.1) is 6.10 Å². The van der Waals surface area contributed by atoms with Crippen molar-refractivity contribution < 1.29 is 4.74 Å². The maximum Gasteiger partial charge on any atom is 0.121 e. The number of hydrogen-bond acceptors (Lipinski definition) is 4. The zero-order valence-electron chi connectivity index (χ0n) is 12.0. The molecule has 2 aliphatic heterocycles. The first-order chi connectivity index (χ1) is 10.4. The normalized spacial score (nSPS) is 29.4. The molecule has 2 fully saturated rings. The molecule has 0 unspecified atom stereocenters. The Morgan fingerprint density at radius 3 is 3.00 bits per heavy atom. The summed E-state index contributed by atoms with van der Waals surface area (Å²) in [6.07, 6.45) is 4.90. The van der Waals surface area contributed by atoms with Crippen LogP contribution < -0.4 is 0 Å². The number of benzene rings is 1. The van der Waals surface area contributed by atoms with E-state index in [9.17, 15) is 0 Å². The number of ether oxygens (including phenoxy) is 1. The highest BCUT2D eigenvalue weighted by atomic mass is 32.1. The predicted molar refractivity (Wildman–Crippen MR) is 84.2 cm³/mol. The third kappa shape index (κ3) is 2.89. The molecule has 1 aromatic heterocycles. The Balaban J connectivity index is 1.39. The van der Waals surface area contributed by atoms with Crippen LogP contribution in [-0.4, -0.2) is 29.1 Å². The third-order valence-electron chi connectivity index (χ3n) is 4.61. The van der Waals surface area contributed by atoms with E-state index in [2.05, 4.69) is 40.2 Å². The molecule has 3 atom stereocenters. The van der Waals surface area contributed by atoms with Crippen molar-refractivity contribution in [2.75, 3.05) is 13.1 Å². The molecule has 0 aliphatic carbocycles. The molecule has 21 heavy (non-hydrogen) atoms. The van der Waals surface area contributed by atoms with Gasteiger partial charge in [-0.2, -0.15) is 0 Å². The van der Waals surface area contributed by atoms with Crippen LogP contribution in [0.4, 0.5) is 0 Å². The molecule has 0 amide bonds. The van der Waals surface area contributed by atoms with E-state index >= 15 is 0 Å². The molecule has 3 heterocycles. The largest absolute Gasteiger partial charge is 0.366 e. The second-order valence-electron chi connectivity index (χ2n) is 6.04. The van der Waals surface area contributed by atoms with Crippen LogP contribution in [0.15, 0.2) is 41.9 Å². The molecule has 3 nitrogen and oxygen atoms in total. The lowest BCUT2D eigenvalue weighted by Crippen LogP contribution is -2.41. The first kappa shape index (κ1) is 13.4. The first-order valence-corrected chi connectivity index (χ1v) is 8.57. The van der Waals surface area contributed by atoms with Crippen molar-refractivity contribution in [3.63, 3.8) is 0 Å². The lowest BCUT2D eigenvalue weighted by molar-refractivity contribution is -0.00939. The van der Waals surface area contributed by atoms with Gasteiger partial charge < -0.3 is 4.74 Å². The number of likely N-dealkylation sites (tertiary alicyclic amines) is 1. The summed E-state index contributed by atoms with van der Waals surface area (Å²) in [6.45, 7) is 3.28. The number of piperidine rings is 1. The van der Waals surface area contributed by atoms with Crippen LogP contribution in [0.3, 0.4) is 0 Å². The van der Waals surface area contributed by atoms with Gasteiger partial charge in [0.2, 0.25) is 0 Å². The molecule has 110 valence electrons. The van der Waals surface area contributed by atoms with E-state index in [0.29, 0.717) is 12.0 Å². The number of nitrogens with zero attached hydrogens (tertiary/aromatic N) is 2. The van der Waals surface area contributed by atoms with Crippen LogP contribution >= 0.6 is 11.3 Å². The Morgan fingerprint density at radius 2 is 2.19 bits per heavy atom. The minimum absolute atomic E-state index is 0.233. The lowest BCUT2D eigenvalue weighted by atomic mass is 9.91. The van der Waals surface area contributed by atoms with Gasteiger partial charge in [0.15, 0.2) is 0 Å². The maximum atomic E-state index is 6.28. The second-order valence-corrected chi connectivity index (χ2v) is 6.96.